The molecule has 1 N–H and O–H groups in total. The van der Waals surface area contributed by atoms with Crippen molar-refractivity contribution < 1.29 is 22.7 Å². The number of anilines is 1. The quantitative estimate of drug-likeness (QED) is 0.607. The van der Waals surface area contributed by atoms with Crippen LogP contribution in [0.4, 0.5) is 5.69 Å². The van der Waals surface area contributed by atoms with Crippen molar-refractivity contribution >= 4 is 27.1 Å². The molecule has 0 fully saturated rings. The van der Waals surface area contributed by atoms with Gasteiger partial charge in [0, 0.05) is 23.2 Å². The van der Waals surface area contributed by atoms with Crippen LogP contribution in [0.15, 0.2) is 55.3 Å². The zero-order valence-electron chi connectivity index (χ0n) is 18.8. The van der Waals surface area contributed by atoms with Gasteiger partial charge in [-0.05, 0) is 37.6 Å². The number of allylic oxidation sites excluding steroid dienone is 1. The Bertz CT molecular complexity index is 1190. The van der Waals surface area contributed by atoms with Crippen molar-refractivity contribution in [3.63, 3.8) is 0 Å². The van der Waals surface area contributed by atoms with Crippen LogP contribution in [-0.2, 0) is 9.84 Å². The van der Waals surface area contributed by atoms with Crippen molar-refractivity contribution in [2.24, 2.45) is 0 Å². The third-order valence-electron chi connectivity index (χ3n) is 5.09. The largest absolute Gasteiger partial charge is 0.493 e. The normalized spacial score (nSPS) is 14.2. The SMILES string of the molecule is C=C(C)Nc1cccc2c1C(=O)N([C@H](CS(C)(=O)=O)c1ccc(OC)c(OCC)c1)C2=C. The monoisotopic (exact) mass is 456 g/mol. The summed E-state index contributed by atoms with van der Waals surface area (Å²) in [5.41, 5.74) is 3.43. The zero-order valence-corrected chi connectivity index (χ0v) is 19.6. The summed E-state index contributed by atoms with van der Waals surface area (Å²) in [7, 11) is -1.92. The highest BCUT2D eigenvalue weighted by Gasteiger charge is 2.39. The van der Waals surface area contributed by atoms with Crippen molar-refractivity contribution in [1.29, 1.82) is 0 Å². The number of nitrogens with one attached hydrogen (secondary N) is 1. The minimum Gasteiger partial charge on any atom is -0.493 e. The van der Waals surface area contributed by atoms with Gasteiger partial charge in [0.05, 0.1) is 36.8 Å². The highest BCUT2D eigenvalue weighted by Crippen LogP contribution is 2.43. The van der Waals surface area contributed by atoms with Gasteiger partial charge in [-0.2, -0.15) is 0 Å². The second-order valence-corrected chi connectivity index (χ2v) is 9.89. The smallest absolute Gasteiger partial charge is 0.261 e. The molecule has 1 aliphatic heterocycles. The Hall–Kier alpha value is -3.26. The number of amides is 1. The van der Waals surface area contributed by atoms with Gasteiger partial charge in [0.2, 0.25) is 0 Å². The molecular weight excluding hydrogens is 428 g/mol. The molecule has 8 heteroatoms. The first-order valence-electron chi connectivity index (χ1n) is 10.1. The van der Waals surface area contributed by atoms with Crippen LogP contribution < -0.4 is 14.8 Å². The number of methoxy groups -OCH3 is 1. The molecule has 0 unspecified atom stereocenters. The third kappa shape index (κ3) is 4.65. The molecule has 3 rings (SSSR count). The van der Waals surface area contributed by atoms with Crippen LogP contribution >= 0.6 is 0 Å². The first-order chi connectivity index (χ1) is 15.1. The highest BCUT2D eigenvalue weighted by atomic mass is 32.2. The predicted molar refractivity (Wildman–Crippen MR) is 127 cm³/mol. The maximum absolute atomic E-state index is 13.6. The molecule has 0 saturated heterocycles. The molecule has 0 spiro atoms. The highest BCUT2D eigenvalue weighted by molar-refractivity contribution is 7.90. The molecule has 32 heavy (non-hydrogen) atoms. The van der Waals surface area contributed by atoms with Gasteiger partial charge in [-0.15, -0.1) is 0 Å². The molecule has 2 aromatic carbocycles. The Morgan fingerprint density at radius 2 is 1.94 bits per heavy atom. The lowest BCUT2D eigenvalue weighted by atomic mass is 10.1. The topological polar surface area (TPSA) is 84.9 Å². The predicted octanol–water partition coefficient (Wildman–Crippen LogP) is 4.25. The minimum atomic E-state index is -3.45. The van der Waals surface area contributed by atoms with Gasteiger partial charge < -0.3 is 14.8 Å². The van der Waals surface area contributed by atoms with Crippen LogP contribution in [0.1, 0.15) is 41.4 Å². The summed E-state index contributed by atoms with van der Waals surface area (Å²) >= 11 is 0. The molecule has 0 aromatic heterocycles. The summed E-state index contributed by atoms with van der Waals surface area (Å²) in [5.74, 6) is 0.408. The number of hydrogen-bond donors (Lipinski definition) is 1. The fraction of sp³-hybridized carbons (Fsp3) is 0.292. The Morgan fingerprint density at radius 1 is 1.22 bits per heavy atom. The van der Waals surface area contributed by atoms with Gasteiger partial charge in [0.15, 0.2) is 11.5 Å². The maximum atomic E-state index is 13.6. The standard InChI is InChI=1S/C24H28N2O5S/c1-7-31-22-13-17(11-12-21(22)30-5)20(14-32(6,28)29)26-16(4)18-9-8-10-19(25-15(2)3)23(18)24(26)27/h8-13,20,25H,2,4,7,14H2,1,3,5-6H3/t20-/m1/s1. The lowest BCUT2D eigenvalue weighted by molar-refractivity contribution is 0.0814. The van der Waals surface area contributed by atoms with Crippen molar-refractivity contribution in [1.82, 2.24) is 4.90 Å². The molecule has 1 amide bonds. The fourth-order valence-corrected chi connectivity index (χ4v) is 4.75. The van der Waals surface area contributed by atoms with E-state index in [0.29, 0.717) is 51.9 Å². The molecule has 0 saturated carbocycles. The fourth-order valence-electron chi connectivity index (χ4n) is 3.84. The van der Waals surface area contributed by atoms with Crippen molar-refractivity contribution in [2.75, 3.05) is 31.0 Å². The van der Waals surface area contributed by atoms with Crippen molar-refractivity contribution in [3.8, 4) is 11.5 Å². The molecule has 0 aliphatic carbocycles. The van der Waals surface area contributed by atoms with Gasteiger partial charge in [0.25, 0.3) is 5.91 Å². The molecule has 0 radical (unpaired) electrons. The third-order valence-corrected chi connectivity index (χ3v) is 6.01. The van der Waals surface area contributed by atoms with E-state index in [0.717, 1.165) is 6.26 Å². The van der Waals surface area contributed by atoms with Crippen molar-refractivity contribution in [3.05, 3.63) is 71.9 Å². The van der Waals surface area contributed by atoms with Gasteiger partial charge in [-0.25, -0.2) is 8.42 Å². The van der Waals surface area contributed by atoms with E-state index in [1.54, 1.807) is 37.3 Å². The number of carbonyl (C=O) groups is 1. The Kier molecular flexibility index (Phi) is 6.64. The first kappa shape index (κ1) is 23.4. The maximum Gasteiger partial charge on any atom is 0.261 e. The number of benzene rings is 2. The van der Waals surface area contributed by atoms with E-state index in [2.05, 4.69) is 18.5 Å². The van der Waals surface area contributed by atoms with Crippen LogP contribution in [0, 0.1) is 0 Å². The summed E-state index contributed by atoms with van der Waals surface area (Å²) in [6.07, 6.45) is 1.15. The summed E-state index contributed by atoms with van der Waals surface area (Å²) in [5, 5.41) is 3.11. The molecule has 1 heterocycles. The second-order valence-electron chi connectivity index (χ2n) is 7.71. The van der Waals surface area contributed by atoms with Crippen LogP contribution in [-0.4, -0.2) is 45.0 Å². The molecule has 1 aliphatic rings. The Labute approximate surface area is 189 Å². The number of nitrogens with zero attached hydrogens (tertiary/aromatic N) is 1. The van der Waals surface area contributed by atoms with E-state index < -0.39 is 15.9 Å². The van der Waals surface area contributed by atoms with E-state index in [-0.39, 0.29) is 11.7 Å². The average molecular weight is 457 g/mol. The van der Waals surface area contributed by atoms with E-state index in [1.807, 2.05) is 13.0 Å². The zero-order chi connectivity index (χ0) is 23.6. The number of ether oxygens (including phenoxy) is 2. The first-order valence-corrected chi connectivity index (χ1v) is 12.2. The van der Waals surface area contributed by atoms with Crippen LogP contribution in [0.5, 0.6) is 11.5 Å². The molecule has 170 valence electrons. The molecule has 2 aromatic rings. The molecule has 7 nitrogen and oxygen atoms in total. The number of fused-ring (bicyclic) bond motifs is 1. The minimum absolute atomic E-state index is 0.271. The van der Waals surface area contributed by atoms with Crippen LogP contribution in [0.3, 0.4) is 0 Å². The van der Waals surface area contributed by atoms with E-state index >= 15 is 0 Å². The lowest BCUT2D eigenvalue weighted by Crippen LogP contribution is -2.33. The second kappa shape index (κ2) is 9.08. The number of carbonyl (C=O) groups excluding carboxylic acids is 1. The summed E-state index contributed by atoms with van der Waals surface area (Å²) in [6.45, 7) is 12.0. The summed E-state index contributed by atoms with van der Waals surface area (Å²) < 4.78 is 35.7. The molecular formula is C24H28N2O5S. The van der Waals surface area contributed by atoms with Crippen LogP contribution in [0.25, 0.3) is 5.70 Å². The van der Waals surface area contributed by atoms with E-state index in [4.69, 9.17) is 9.47 Å². The molecule has 1 atom stereocenters. The number of sulfone groups is 1. The number of rotatable bonds is 9. The lowest BCUT2D eigenvalue weighted by Gasteiger charge is -2.29. The molecule has 0 bridgehead atoms. The number of hydrogen-bond acceptors (Lipinski definition) is 6. The average Bonchev–Trinajstić information content (AvgIpc) is 2.96. The van der Waals surface area contributed by atoms with Gasteiger partial charge in [-0.1, -0.05) is 31.4 Å². The van der Waals surface area contributed by atoms with Gasteiger partial charge in [-0.3, -0.25) is 9.69 Å². The van der Waals surface area contributed by atoms with E-state index in [1.165, 1.54) is 12.0 Å². The summed E-state index contributed by atoms with van der Waals surface area (Å²) in [4.78, 5) is 15.0. The van der Waals surface area contributed by atoms with Crippen LogP contribution in [0.2, 0.25) is 0 Å². The van der Waals surface area contributed by atoms with Gasteiger partial charge in [0.1, 0.15) is 9.84 Å². The Morgan fingerprint density at radius 3 is 2.53 bits per heavy atom. The Balaban J connectivity index is 2.13. The summed E-state index contributed by atoms with van der Waals surface area (Å²) in [6, 6.07) is 9.78. The van der Waals surface area contributed by atoms with E-state index in [9.17, 15) is 13.2 Å². The van der Waals surface area contributed by atoms with Gasteiger partial charge >= 0.3 is 0 Å². The van der Waals surface area contributed by atoms with Crippen molar-refractivity contribution in [2.45, 2.75) is 19.9 Å².